The second-order valence-electron chi connectivity index (χ2n) is 20.5. The maximum Gasteiger partial charge on any atom is 0.417 e. The molecule has 2 aromatic heterocycles. The molecule has 0 N–H and O–H groups in total. The molecule has 2 heterocycles. The first-order valence-corrected chi connectivity index (χ1v) is 26.8. The van der Waals surface area contributed by atoms with E-state index in [1.807, 2.05) is 130 Å². The smallest absolute Gasteiger partial charge is 0.309 e. The Morgan fingerprint density at radius 2 is 0.663 bits per heavy atom. The molecule has 0 amide bonds. The maximum absolute atomic E-state index is 15.8. The Labute approximate surface area is 487 Å². The van der Waals surface area contributed by atoms with Crippen LogP contribution in [0, 0.1) is 47.1 Å². The first kappa shape index (κ1) is 53.4. The number of hydrogen-bond donors (Lipinski definition) is 0. The van der Waals surface area contributed by atoms with Crippen LogP contribution in [0.2, 0.25) is 0 Å². The van der Waals surface area contributed by atoms with Gasteiger partial charge in [-0.1, -0.05) is 121 Å². The Kier molecular flexibility index (Phi) is 12.9. The first-order chi connectivity index (χ1) is 41.7. The summed E-state index contributed by atoms with van der Waals surface area (Å²) in [6.45, 7) is 15.1. The SMILES string of the molecule is [C-]#[N+]c1ccc(-c2ccc3c(c2)c2cc(-c4ccc(C#N)cc4)ccc2n3-c2cccc(C#N)c2-c2c(-c3c(C(F)(F)F)cccc3C(F)(F)F)cccc2-n2c3ccc(-c4ccc(C#N)cc4)cc3c3cc(-c4ccc([N+]#[C-])cc4)ccc32)cc1. The zero-order valence-corrected chi connectivity index (χ0v) is 44.8. The molecule has 0 saturated carbocycles. The van der Waals surface area contributed by atoms with Crippen LogP contribution >= 0.6 is 0 Å². The fourth-order valence-electron chi connectivity index (χ4n) is 11.8. The van der Waals surface area contributed by atoms with Crippen LogP contribution in [-0.2, 0) is 12.4 Å². The van der Waals surface area contributed by atoms with Gasteiger partial charge in [-0.25, -0.2) is 9.69 Å². The molecule has 0 fully saturated rings. The van der Waals surface area contributed by atoms with Crippen LogP contribution in [-0.4, -0.2) is 9.13 Å². The Balaban J connectivity index is 1.17. The third-order valence-electron chi connectivity index (χ3n) is 15.8. The normalized spacial score (nSPS) is 11.5. The van der Waals surface area contributed by atoms with Gasteiger partial charge in [-0.3, -0.25) is 0 Å². The quantitative estimate of drug-likeness (QED) is 0.112. The molecule has 0 saturated heterocycles. The third-order valence-corrected chi connectivity index (χ3v) is 15.8. The summed E-state index contributed by atoms with van der Waals surface area (Å²) in [5, 5.41) is 33.5. The van der Waals surface area contributed by atoms with Gasteiger partial charge in [0.05, 0.1) is 92.6 Å². The molecule has 13 rings (SSSR count). The van der Waals surface area contributed by atoms with Gasteiger partial charge >= 0.3 is 12.4 Å². The minimum absolute atomic E-state index is 0.0419. The Morgan fingerprint density at radius 1 is 0.337 bits per heavy atom. The minimum Gasteiger partial charge on any atom is -0.309 e. The molecule has 86 heavy (non-hydrogen) atoms. The predicted octanol–water partition coefficient (Wildman–Crippen LogP) is 20.6. The van der Waals surface area contributed by atoms with Gasteiger partial charge in [0, 0.05) is 38.2 Å². The van der Waals surface area contributed by atoms with Gasteiger partial charge < -0.3 is 9.13 Å². The van der Waals surface area contributed by atoms with Crippen LogP contribution in [0.15, 0.2) is 224 Å². The fourth-order valence-corrected chi connectivity index (χ4v) is 11.8. The molecule has 13 aromatic rings. The summed E-state index contributed by atoms with van der Waals surface area (Å²) in [7, 11) is 0. The fraction of sp³-hybridized carbons (Fsp3) is 0.0274. The van der Waals surface area contributed by atoms with Gasteiger partial charge in [-0.15, -0.1) is 0 Å². The summed E-state index contributed by atoms with van der Waals surface area (Å²) in [4.78, 5) is 7.11. The summed E-state index contributed by atoms with van der Waals surface area (Å²) in [5.41, 5.74) is 5.95. The topological polar surface area (TPSA) is 90.0 Å². The van der Waals surface area contributed by atoms with Crippen LogP contribution < -0.4 is 0 Å². The highest BCUT2D eigenvalue weighted by Crippen LogP contribution is 2.52. The second kappa shape index (κ2) is 20.8. The lowest BCUT2D eigenvalue weighted by Gasteiger charge is -2.25. The van der Waals surface area contributed by atoms with E-state index in [1.165, 1.54) is 18.2 Å². The van der Waals surface area contributed by atoms with Crippen molar-refractivity contribution in [2.75, 3.05) is 0 Å². The molecule has 11 aromatic carbocycles. The Bertz CT molecular complexity index is 4910. The molecule has 0 aliphatic rings. The van der Waals surface area contributed by atoms with Crippen molar-refractivity contribution in [3.63, 3.8) is 0 Å². The van der Waals surface area contributed by atoms with Crippen molar-refractivity contribution >= 4 is 55.0 Å². The number of halogens is 6. The number of aromatic nitrogens is 2. The summed E-state index contributed by atoms with van der Waals surface area (Å²) in [6, 6.07) is 69.0. The lowest BCUT2D eigenvalue weighted by Crippen LogP contribution is -2.15. The van der Waals surface area contributed by atoms with Crippen molar-refractivity contribution in [2.24, 2.45) is 0 Å². The summed E-state index contributed by atoms with van der Waals surface area (Å²) in [5.74, 6) is 0. The second-order valence-corrected chi connectivity index (χ2v) is 20.5. The standard InChI is InChI=1S/C73H37F6N7/c1-83-54-28-20-47(21-29-54)51-26-33-64-58(38-51)57-36-49(45-16-12-43(40-80)13-17-45)24-32-63(57)85(64)67-10-3-6-53(42-82)69(67)71-56(70-61(72(74,75)76)8-5-9-62(70)73(77,78)79)7-4-11-68(71)86-65-34-25-50(46-18-14-44(41-81)15-19-46)37-59(65)60-39-52(27-35-66(60)86)48-22-30-55(84-2)31-23-48/h3-39H. The molecular weight excluding hydrogens is 1090 g/mol. The van der Waals surface area contributed by atoms with Crippen molar-refractivity contribution in [3.8, 4) is 96.3 Å². The van der Waals surface area contributed by atoms with Crippen molar-refractivity contribution < 1.29 is 26.3 Å². The van der Waals surface area contributed by atoms with E-state index < -0.39 is 34.6 Å². The van der Waals surface area contributed by atoms with Crippen LogP contribution in [0.5, 0.6) is 0 Å². The van der Waals surface area contributed by atoms with Gasteiger partial charge in [-0.2, -0.15) is 42.1 Å². The molecule has 0 bridgehead atoms. The lowest BCUT2D eigenvalue weighted by molar-refractivity contribution is -0.142. The van der Waals surface area contributed by atoms with E-state index in [1.54, 1.807) is 66.7 Å². The summed E-state index contributed by atoms with van der Waals surface area (Å²) < 4.78 is 98.3. The van der Waals surface area contributed by atoms with E-state index in [4.69, 9.17) is 13.1 Å². The molecule has 406 valence electrons. The lowest BCUT2D eigenvalue weighted by atomic mass is 9.85. The number of nitriles is 3. The summed E-state index contributed by atoms with van der Waals surface area (Å²) >= 11 is 0. The molecule has 0 unspecified atom stereocenters. The third kappa shape index (κ3) is 9.09. The zero-order chi connectivity index (χ0) is 59.6. The van der Waals surface area contributed by atoms with E-state index in [0.717, 1.165) is 50.6 Å². The Morgan fingerprint density at radius 3 is 1.00 bits per heavy atom. The van der Waals surface area contributed by atoms with Crippen molar-refractivity contribution in [3.05, 3.63) is 275 Å². The number of alkyl halides is 6. The number of benzene rings is 11. The maximum atomic E-state index is 15.8. The van der Waals surface area contributed by atoms with E-state index in [0.29, 0.717) is 78.2 Å². The average molecular weight is 1130 g/mol. The first-order valence-electron chi connectivity index (χ1n) is 26.8. The van der Waals surface area contributed by atoms with E-state index in [-0.39, 0.29) is 28.1 Å². The molecule has 0 aliphatic heterocycles. The van der Waals surface area contributed by atoms with Gasteiger partial charge in [0.25, 0.3) is 0 Å². The van der Waals surface area contributed by atoms with E-state index >= 15 is 26.3 Å². The van der Waals surface area contributed by atoms with Crippen LogP contribution in [0.25, 0.3) is 131 Å². The highest BCUT2D eigenvalue weighted by Gasteiger charge is 2.42. The van der Waals surface area contributed by atoms with Crippen molar-refractivity contribution in [1.82, 2.24) is 9.13 Å². The van der Waals surface area contributed by atoms with Crippen LogP contribution in [0.4, 0.5) is 37.7 Å². The monoisotopic (exact) mass is 1130 g/mol. The molecular formula is C73H37F6N7. The molecule has 0 atom stereocenters. The summed E-state index contributed by atoms with van der Waals surface area (Å²) in [6.07, 6.45) is -10.6. The van der Waals surface area contributed by atoms with Crippen LogP contribution in [0.1, 0.15) is 27.8 Å². The Hall–Kier alpha value is -12.0. The predicted molar refractivity (Wildman–Crippen MR) is 324 cm³/mol. The van der Waals surface area contributed by atoms with Crippen LogP contribution in [0.3, 0.4) is 0 Å². The average Bonchev–Trinajstić information content (AvgIpc) is 1.54. The van der Waals surface area contributed by atoms with Gasteiger partial charge in [0.2, 0.25) is 0 Å². The molecule has 0 spiro atoms. The minimum atomic E-state index is -5.30. The molecule has 7 nitrogen and oxygen atoms in total. The molecule has 0 aliphatic carbocycles. The largest absolute Gasteiger partial charge is 0.417 e. The van der Waals surface area contributed by atoms with Gasteiger partial charge in [0.15, 0.2) is 11.4 Å². The molecule has 0 radical (unpaired) electrons. The zero-order valence-electron chi connectivity index (χ0n) is 44.8. The van der Waals surface area contributed by atoms with Crippen molar-refractivity contribution in [2.45, 2.75) is 12.4 Å². The van der Waals surface area contributed by atoms with Crippen molar-refractivity contribution in [1.29, 1.82) is 15.8 Å². The van der Waals surface area contributed by atoms with E-state index in [2.05, 4.69) is 27.9 Å². The molecule has 13 heteroatoms. The highest BCUT2D eigenvalue weighted by atomic mass is 19.4. The number of fused-ring (bicyclic) bond motifs is 6. The van der Waals surface area contributed by atoms with E-state index in [9.17, 15) is 15.8 Å². The highest BCUT2D eigenvalue weighted by molar-refractivity contribution is 6.15. The number of hydrogen-bond acceptors (Lipinski definition) is 3. The van der Waals surface area contributed by atoms with Gasteiger partial charge in [-0.05, 0) is 153 Å². The van der Waals surface area contributed by atoms with Gasteiger partial charge in [0.1, 0.15) is 0 Å². The number of nitrogens with zero attached hydrogens (tertiary/aromatic N) is 7. The number of rotatable bonds is 8.